The van der Waals surface area contributed by atoms with Gasteiger partial charge in [0.1, 0.15) is 11.7 Å². The van der Waals surface area contributed by atoms with Gasteiger partial charge in [-0.2, -0.15) is 0 Å². The van der Waals surface area contributed by atoms with Crippen molar-refractivity contribution in [1.82, 2.24) is 14.3 Å². The second kappa shape index (κ2) is 5.62. The van der Waals surface area contributed by atoms with Crippen LogP contribution in [0.1, 0.15) is 11.1 Å². The molecular formula is C12H14FN5O2S. The summed E-state index contributed by atoms with van der Waals surface area (Å²) >= 11 is 0. The predicted octanol–water partition coefficient (Wildman–Crippen LogP) is 0.322. The SMILES string of the molecule is Cn1cnc(S(=O)(=O)NCc2ccc(C(=N)N)cc2F)c1. The van der Waals surface area contributed by atoms with Crippen LogP contribution >= 0.6 is 0 Å². The monoisotopic (exact) mass is 311 g/mol. The van der Waals surface area contributed by atoms with Crippen molar-refractivity contribution < 1.29 is 12.8 Å². The normalized spacial score (nSPS) is 11.5. The molecule has 2 aromatic rings. The molecule has 2 rings (SSSR count). The molecule has 0 bridgehead atoms. The Kier molecular flexibility index (Phi) is 4.05. The van der Waals surface area contributed by atoms with Crippen molar-refractivity contribution in [1.29, 1.82) is 5.41 Å². The Balaban J connectivity index is 2.15. The van der Waals surface area contributed by atoms with Gasteiger partial charge in [0, 0.05) is 30.9 Å². The molecule has 1 heterocycles. The van der Waals surface area contributed by atoms with Gasteiger partial charge in [-0.05, 0) is 6.07 Å². The summed E-state index contributed by atoms with van der Waals surface area (Å²) in [7, 11) is -2.15. The standard InChI is InChI=1S/C12H14FN5O2S/c1-18-6-11(16-7-18)21(19,20)17-5-9-3-2-8(12(14)15)4-10(9)13/h2-4,6-7,17H,5H2,1H3,(H3,14,15). The molecule has 0 atom stereocenters. The molecule has 0 spiro atoms. The van der Waals surface area contributed by atoms with Gasteiger partial charge in [-0.1, -0.05) is 12.1 Å². The zero-order chi connectivity index (χ0) is 15.6. The molecule has 0 fully saturated rings. The van der Waals surface area contributed by atoms with E-state index in [1.54, 1.807) is 7.05 Å². The van der Waals surface area contributed by atoms with Crippen molar-refractivity contribution >= 4 is 15.9 Å². The maximum absolute atomic E-state index is 13.8. The van der Waals surface area contributed by atoms with E-state index in [4.69, 9.17) is 11.1 Å². The highest BCUT2D eigenvalue weighted by molar-refractivity contribution is 7.89. The fourth-order valence-corrected chi connectivity index (χ4v) is 2.62. The maximum Gasteiger partial charge on any atom is 0.259 e. The number of nitrogens with one attached hydrogen (secondary N) is 2. The molecule has 4 N–H and O–H groups in total. The first-order chi connectivity index (χ1) is 9.79. The van der Waals surface area contributed by atoms with Crippen molar-refractivity contribution in [3.8, 4) is 0 Å². The highest BCUT2D eigenvalue weighted by atomic mass is 32.2. The molecule has 0 saturated carbocycles. The number of amidine groups is 1. The van der Waals surface area contributed by atoms with E-state index in [0.29, 0.717) is 0 Å². The van der Waals surface area contributed by atoms with Crippen LogP contribution in [0.25, 0.3) is 0 Å². The number of aryl methyl sites for hydroxylation is 1. The molecule has 0 aliphatic rings. The molecule has 1 aromatic carbocycles. The van der Waals surface area contributed by atoms with Crippen molar-refractivity contribution in [2.24, 2.45) is 12.8 Å². The molecule has 0 radical (unpaired) electrons. The first kappa shape index (κ1) is 15.1. The van der Waals surface area contributed by atoms with E-state index >= 15 is 0 Å². The lowest BCUT2D eigenvalue weighted by molar-refractivity contribution is 0.571. The average Bonchev–Trinajstić information content (AvgIpc) is 2.84. The fraction of sp³-hybridized carbons (Fsp3) is 0.167. The van der Waals surface area contributed by atoms with Gasteiger partial charge in [-0.15, -0.1) is 0 Å². The van der Waals surface area contributed by atoms with Gasteiger partial charge in [0.25, 0.3) is 10.0 Å². The lowest BCUT2D eigenvalue weighted by atomic mass is 10.1. The molecule has 7 nitrogen and oxygen atoms in total. The third kappa shape index (κ3) is 3.44. The summed E-state index contributed by atoms with van der Waals surface area (Å²) in [5, 5.41) is 7.07. The van der Waals surface area contributed by atoms with E-state index in [0.717, 1.165) is 6.07 Å². The van der Waals surface area contributed by atoms with Crippen LogP contribution in [0.5, 0.6) is 0 Å². The number of nitrogens with two attached hydrogens (primary N) is 1. The van der Waals surface area contributed by atoms with Crippen LogP contribution in [-0.4, -0.2) is 23.8 Å². The van der Waals surface area contributed by atoms with E-state index < -0.39 is 15.8 Å². The van der Waals surface area contributed by atoms with Gasteiger partial charge >= 0.3 is 0 Å². The summed E-state index contributed by atoms with van der Waals surface area (Å²) < 4.78 is 41.4. The summed E-state index contributed by atoms with van der Waals surface area (Å²) in [5.74, 6) is -0.888. The van der Waals surface area contributed by atoms with Crippen molar-refractivity contribution in [3.63, 3.8) is 0 Å². The van der Waals surface area contributed by atoms with Crippen LogP contribution in [0.2, 0.25) is 0 Å². The zero-order valence-corrected chi connectivity index (χ0v) is 12.0. The molecule has 0 aliphatic heterocycles. The Hall–Kier alpha value is -2.26. The third-order valence-electron chi connectivity index (χ3n) is 2.77. The molecule has 1 aromatic heterocycles. The topological polar surface area (TPSA) is 114 Å². The van der Waals surface area contributed by atoms with Gasteiger partial charge in [-0.3, -0.25) is 5.41 Å². The first-order valence-electron chi connectivity index (χ1n) is 5.90. The van der Waals surface area contributed by atoms with E-state index in [1.807, 2.05) is 0 Å². The smallest absolute Gasteiger partial charge is 0.259 e. The highest BCUT2D eigenvalue weighted by Crippen LogP contribution is 2.12. The second-order valence-electron chi connectivity index (χ2n) is 4.42. The van der Waals surface area contributed by atoms with E-state index in [1.165, 1.54) is 29.2 Å². The van der Waals surface area contributed by atoms with Crippen LogP contribution in [0.3, 0.4) is 0 Å². The van der Waals surface area contributed by atoms with Crippen LogP contribution in [0.15, 0.2) is 35.7 Å². The molecule has 0 unspecified atom stereocenters. The lowest BCUT2D eigenvalue weighted by Gasteiger charge is -2.07. The quantitative estimate of drug-likeness (QED) is 0.545. The maximum atomic E-state index is 13.8. The Bertz CT molecular complexity index is 785. The first-order valence-corrected chi connectivity index (χ1v) is 7.38. The van der Waals surface area contributed by atoms with E-state index in [-0.39, 0.29) is 28.5 Å². The van der Waals surface area contributed by atoms with Gasteiger partial charge in [0.2, 0.25) is 0 Å². The summed E-state index contributed by atoms with van der Waals surface area (Å²) in [4.78, 5) is 3.73. The van der Waals surface area contributed by atoms with Gasteiger partial charge in [0.05, 0.1) is 6.33 Å². The third-order valence-corrected chi connectivity index (χ3v) is 4.06. The second-order valence-corrected chi connectivity index (χ2v) is 6.14. The number of aromatic nitrogens is 2. The number of imidazole rings is 1. The van der Waals surface area contributed by atoms with Crippen molar-refractivity contribution in [2.45, 2.75) is 11.6 Å². The van der Waals surface area contributed by atoms with E-state index in [9.17, 15) is 12.8 Å². The average molecular weight is 311 g/mol. The number of hydrogen-bond donors (Lipinski definition) is 3. The van der Waals surface area contributed by atoms with Crippen LogP contribution < -0.4 is 10.5 Å². The number of benzene rings is 1. The molecule has 112 valence electrons. The number of hydrogen-bond acceptors (Lipinski definition) is 4. The summed E-state index contributed by atoms with van der Waals surface area (Å²) in [6, 6.07) is 3.93. The van der Waals surface area contributed by atoms with Crippen molar-refractivity contribution in [2.75, 3.05) is 0 Å². The minimum Gasteiger partial charge on any atom is -0.384 e. The molecule has 9 heteroatoms. The van der Waals surface area contributed by atoms with Crippen molar-refractivity contribution in [3.05, 3.63) is 47.7 Å². The summed E-state index contributed by atoms with van der Waals surface area (Å²) in [5.41, 5.74) is 5.64. The largest absolute Gasteiger partial charge is 0.384 e. The Morgan fingerprint density at radius 2 is 2.24 bits per heavy atom. The fourth-order valence-electron chi connectivity index (χ4n) is 1.63. The van der Waals surface area contributed by atoms with Crippen LogP contribution in [0.4, 0.5) is 4.39 Å². The molecule has 0 aliphatic carbocycles. The Morgan fingerprint density at radius 3 is 2.76 bits per heavy atom. The van der Waals surface area contributed by atoms with Gasteiger partial charge in [0.15, 0.2) is 5.03 Å². The molecule has 0 saturated heterocycles. The molecule has 0 amide bonds. The summed E-state index contributed by atoms with van der Waals surface area (Å²) in [6.45, 7) is -0.219. The lowest BCUT2D eigenvalue weighted by Crippen LogP contribution is -2.24. The summed E-state index contributed by atoms with van der Waals surface area (Å²) in [6.07, 6.45) is 2.70. The number of nitrogen functional groups attached to an aromatic ring is 1. The minimum atomic E-state index is -3.80. The number of halogens is 1. The van der Waals surface area contributed by atoms with Crippen LogP contribution in [0, 0.1) is 11.2 Å². The predicted molar refractivity (Wildman–Crippen MR) is 74.6 cm³/mol. The number of sulfonamides is 1. The molecule has 21 heavy (non-hydrogen) atoms. The highest BCUT2D eigenvalue weighted by Gasteiger charge is 2.17. The van der Waals surface area contributed by atoms with Gasteiger partial charge in [-0.25, -0.2) is 22.5 Å². The van der Waals surface area contributed by atoms with Crippen LogP contribution in [-0.2, 0) is 23.6 Å². The van der Waals surface area contributed by atoms with E-state index in [2.05, 4.69) is 9.71 Å². The Labute approximate surface area is 121 Å². The minimum absolute atomic E-state index is 0.134. The zero-order valence-electron chi connectivity index (χ0n) is 11.2. The number of rotatable bonds is 5. The Morgan fingerprint density at radius 1 is 1.52 bits per heavy atom. The van der Waals surface area contributed by atoms with Gasteiger partial charge < -0.3 is 10.3 Å². The molecular weight excluding hydrogens is 297 g/mol. The number of nitrogens with zero attached hydrogens (tertiary/aromatic N) is 2.